The number of amides is 1. The van der Waals surface area contributed by atoms with E-state index in [4.69, 9.17) is 0 Å². The lowest BCUT2D eigenvalue weighted by Gasteiger charge is -2.05. The summed E-state index contributed by atoms with van der Waals surface area (Å²) < 4.78 is 2.20. The highest BCUT2D eigenvalue weighted by Gasteiger charge is 2.12. The molecule has 0 unspecified atom stereocenters. The van der Waals surface area contributed by atoms with Gasteiger partial charge in [0.05, 0.1) is 12.2 Å². The molecular weight excluding hydrogens is 440 g/mol. The highest BCUT2D eigenvalue weighted by molar-refractivity contribution is 9.10. The molecule has 0 spiro atoms. The van der Waals surface area contributed by atoms with Crippen LogP contribution in [0.1, 0.15) is 21.6 Å². The lowest BCUT2D eigenvalue weighted by Crippen LogP contribution is -2.25. The summed E-state index contributed by atoms with van der Waals surface area (Å²) in [5, 5.41) is 7.90. The van der Waals surface area contributed by atoms with Gasteiger partial charge in [-0.25, -0.2) is 4.98 Å². The average Bonchev–Trinajstić information content (AvgIpc) is 3.11. The molecule has 0 aliphatic rings. The summed E-state index contributed by atoms with van der Waals surface area (Å²) in [7, 11) is 0. The van der Waals surface area contributed by atoms with Gasteiger partial charge in [-0.05, 0) is 37.3 Å². The van der Waals surface area contributed by atoms with Crippen molar-refractivity contribution in [3.8, 4) is 10.6 Å². The van der Waals surface area contributed by atoms with Crippen LogP contribution in [0.4, 0.5) is 0 Å². The quantitative estimate of drug-likeness (QED) is 0.508. The van der Waals surface area contributed by atoms with Crippen LogP contribution in [-0.2, 0) is 6.54 Å². The van der Waals surface area contributed by atoms with Crippen LogP contribution in [0.2, 0.25) is 0 Å². The average molecular weight is 455 g/mol. The molecule has 4 aromatic rings. The van der Waals surface area contributed by atoms with Crippen molar-refractivity contribution >= 4 is 38.1 Å². The third kappa shape index (κ3) is 3.88. The van der Waals surface area contributed by atoms with Gasteiger partial charge in [0, 0.05) is 21.7 Å². The Bertz CT molecular complexity index is 1230. The van der Waals surface area contributed by atoms with Crippen molar-refractivity contribution in [3.05, 3.63) is 86.2 Å². The van der Waals surface area contributed by atoms with Gasteiger partial charge < -0.3 is 5.32 Å². The second-order valence-electron chi connectivity index (χ2n) is 6.25. The van der Waals surface area contributed by atoms with E-state index >= 15 is 0 Å². The predicted molar refractivity (Wildman–Crippen MR) is 113 cm³/mol. The molecule has 28 heavy (non-hydrogen) atoms. The van der Waals surface area contributed by atoms with Crippen LogP contribution in [0.5, 0.6) is 0 Å². The zero-order chi connectivity index (χ0) is 19.7. The minimum absolute atomic E-state index is 0.165. The smallest absolute Gasteiger partial charge is 0.275 e. The number of hydrogen-bond donors (Lipinski definition) is 1. The van der Waals surface area contributed by atoms with E-state index in [0.29, 0.717) is 16.2 Å². The lowest BCUT2D eigenvalue weighted by molar-refractivity contribution is 0.0950. The maximum atomic E-state index is 12.4. The van der Waals surface area contributed by atoms with E-state index in [1.165, 1.54) is 21.9 Å². The van der Waals surface area contributed by atoms with Gasteiger partial charge in [-0.2, -0.15) is 9.61 Å². The number of benzene rings is 2. The van der Waals surface area contributed by atoms with E-state index in [9.17, 15) is 9.59 Å². The minimum Gasteiger partial charge on any atom is -0.346 e. The van der Waals surface area contributed by atoms with Crippen molar-refractivity contribution in [3.63, 3.8) is 0 Å². The summed E-state index contributed by atoms with van der Waals surface area (Å²) in [5.74, 6) is -0.223. The fourth-order valence-electron chi connectivity index (χ4n) is 2.72. The third-order valence-corrected chi connectivity index (χ3v) is 5.59. The third-order valence-electron chi connectivity index (χ3n) is 4.10. The molecule has 4 rings (SSSR count). The number of carbonyl (C=O) groups excluding carboxylic acids is 1. The van der Waals surface area contributed by atoms with Crippen molar-refractivity contribution in [1.82, 2.24) is 19.9 Å². The van der Waals surface area contributed by atoms with Crippen molar-refractivity contribution in [2.45, 2.75) is 13.5 Å². The van der Waals surface area contributed by atoms with Crippen LogP contribution in [0.15, 0.2) is 63.9 Å². The Morgan fingerprint density at radius 3 is 2.71 bits per heavy atom. The second-order valence-corrected chi connectivity index (χ2v) is 8.12. The first-order chi connectivity index (χ1) is 13.5. The molecule has 0 atom stereocenters. The van der Waals surface area contributed by atoms with Gasteiger partial charge in [0.15, 0.2) is 0 Å². The molecule has 1 N–H and O–H groups in total. The molecule has 2 aromatic carbocycles. The number of aromatic nitrogens is 3. The first-order valence-electron chi connectivity index (χ1n) is 8.50. The lowest BCUT2D eigenvalue weighted by atomic mass is 10.1. The summed E-state index contributed by atoms with van der Waals surface area (Å²) in [5.41, 5.74) is 2.83. The van der Waals surface area contributed by atoms with Gasteiger partial charge in [0.2, 0.25) is 4.96 Å². The molecule has 0 saturated carbocycles. The number of aryl methyl sites for hydroxylation is 1. The van der Waals surface area contributed by atoms with Crippen LogP contribution in [-0.4, -0.2) is 20.5 Å². The van der Waals surface area contributed by atoms with E-state index in [1.807, 2.05) is 31.2 Å². The van der Waals surface area contributed by atoms with Crippen molar-refractivity contribution in [2.75, 3.05) is 0 Å². The molecule has 6 nitrogen and oxygen atoms in total. The van der Waals surface area contributed by atoms with Gasteiger partial charge in [-0.1, -0.05) is 51.0 Å². The van der Waals surface area contributed by atoms with E-state index in [2.05, 4.69) is 31.3 Å². The zero-order valence-corrected chi connectivity index (χ0v) is 17.3. The van der Waals surface area contributed by atoms with E-state index in [0.717, 1.165) is 20.6 Å². The van der Waals surface area contributed by atoms with Crippen LogP contribution in [0, 0.1) is 6.92 Å². The summed E-state index contributed by atoms with van der Waals surface area (Å²) in [4.78, 5) is 29.6. The van der Waals surface area contributed by atoms with Crippen LogP contribution in [0.25, 0.3) is 15.5 Å². The molecule has 8 heteroatoms. The largest absolute Gasteiger partial charge is 0.346 e. The van der Waals surface area contributed by atoms with Crippen LogP contribution in [0.3, 0.4) is 0 Å². The molecule has 0 fully saturated rings. The molecule has 0 aliphatic heterocycles. The second kappa shape index (κ2) is 7.65. The number of nitrogens with zero attached hydrogens (tertiary/aromatic N) is 3. The number of fused-ring (bicyclic) bond motifs is 1. The number of rotatable bonds is 4. The Hall–Kier alpha value is -2.84. The maximum Gasteiger partial charge on any atom is 0.275 e. The first-order valence-corrected chi connectivity index (χ1v) is 10.1. The SMILES string of the molecule is Cc1cccc(-c2nn3c(=O)cc(CNC(=O)c4ccc(Br)cc4)nc3s2)c1. The summed E-state index contributed by atoms with van der Waals surface area (Å²) >= 11 is 4.68. The fourth-order valence-corrected chi connectivity index (χ4v) is 3.90. The normalized spacial score (nSPS) is 10.9. The summed E-state index contributed by atoms with van der Waals surface area (Å²) in [6, 6.07) is 16.4. The Labute approximate surface area is 173 Å². The standard InChI is InChI=1S/C20H15BrN4O2S/c1-12-3-2-4-14(9-12)19-24-25-17(26)10-16(23-20(25)28-19)11-22-18(27)13-5-7-15(21)8-6-13/h2-10H,11H2,1H3,(H,22,27). The van der Waals surface area contributed by atoms with Crippen molar-refractivity contribution in [1.29, 1.82) is 0 Å². The molecule has 0 radical (unpaired) electrons. The topological polar surface area (TPSA) is 76.4 Å². The van der Waals surface area contributed by atoms with Gasteiger partial charge in [-0.3, -0.25) is 9.59 Å². The van der Waals surface area contributed by atoms with Gasteiger partial charge in [-0.15, -0.1) is 0 Å². The molecule has 2 heterocycles. The molecule has 0 aliphatic carbocycles. The molecular formula is C20H15BrN4O2S. The Morgan fingerprint density at radius 2 is 1.96 bits per heavy atom. The Morgan fingerprint density at radius 1 is 1.18 bits per heavy atom. The van der Waals surface area contributed by atoms with Gasteiger partial charge in [0.25, 0.3) is 11.5 Å². The van der Waals surface area contributed by atoms with Gasteiger partial charge >= 0.3 is 0 Å². The summed E-state index contributed by atoms with van der Waals surface area (Å²) in [6.07, 6.45) is 0. The highest BCUT2D eigenvalue weighted by atomic mass is 79.9. The fraction of sp³-hybridized carbons (Fsp3) is 0.100. The minimum atomic E-state index is -0.270. The molecule has 1 amide bonds. The van der Waals surface area contributed by atoms with Crippen molar-refractivity contribution < 1.29 is 4.79 Å². The molecule has 140 valence electrons. The van der Waals surface area contributed by atoms with Crippen LogP contribution < -0.4 is 10.9 Å². The Kier molecular flexibility index (Phi) is 5.06. The monoisotopic (exact) mass is 454 g/mol. The number of nitrogens with one attached hydrogen (secondary N) is 1. The Balaban J connectivity index is 1.58. The number of carbonyl (C=O) groups is 1. The summed E-state index contributed by atoms with van der Waals surface area (Å²) in [6.45, 7) is 2.17. The molecule has 0 bridgehead atoms. The highest BCUT2D eigenvalue weighted by Crippen LogP contribution is 2.24. The van der Waals surface area contributed by atoms with E-state index < -0.39 is 0 Å². The molecule has 0 saturated heterocycles. The van der Waals surface area contributed by atoms with Crippen LogP contribution >= 0.6 is 27.3 Å². The number of halogens is 1. The van der Waals surface area contributed by atoms with E-state index in [-0.39, 0.29) is 18.0 Å². The predicted octanol–water partition coefficient (Wildman–Crippen LogP) is 3.82. The maximum absolute atomic E-state index is 12.4. The molecule has 2 aromatic heterocycles. The number of hydrogen-bond acceptors (Lipinski definition) is 5. The first kappa shape index (κ1) is 18.5. The van der Waals surface area contributed by atoms with Gasteiger partial charge in [0.1, 0.15) is 5.01 Å². The van der Waals surface area contributed by atoms with Crippen molar-refractivity contribution in [2.24, 2.45) is 0 Å². The van der Waals surface area contributed by atoms with E-state index in [1.54, 1.807) is 24.3 Å². The zero-order valence-electron chi connectivity index (χ0n) is 14.8.